The van der Waals surface area contributed by atoms with Gasteiger partial charge in [-0.15, -0.1) is 0 Å². The Labute approximate surface area is 111 Å². The molecule has 0 aliphatic heterocycles. The van der Waals surface area contributed by atoms with E-state index in [1.54, 1.807) is 12.1 Å². The Balaban J connectivity index is 2.36. The number of nitrogens with two attached hydrogens (primary N) is 1. The molecule has 0 amide bonds. The van der Waals surface area contributed by atoms with Gasteiger partial charge in [-0.25, -0.2) is 8.42 Å². The molecule has 0 heterocycles. The molecule has 6 heteroatoms. The third-order valence-electron chi connectivity index (χ3n) is 2.53. The van der Waals surface area contributed by atoms with Gasteiger partial charge in [0.25, 0.3) is 0 Å². The number of aromatic hydroxyl groups is 1. The van der Waals surface area contributed by atoms with Crippen LogP contribution in [0.25, 0.3) is 0 Å². The lowest BCUT2D eigenvalue weighted by Crippen LogP contribution is -2.07. The Bertz CT molecular complexity index is 648. The molecule has 2 aromatic rings. The van der Waals surface area contributed by atoms with E-state index in [-0.39, 0.29) is 22.3 Å². The van der Waals surface area contributed by atoms with Crippen LogP contribution < -0.4 is 10.5 Å². The quantitative estimate of drug-likeness (QED) is 0.828. The zero-order chi connectivity index (χ0) is 13.9. The third-order valence-corrected chi connectivity index (χ3v) is 4.32. The van der Waals surface area contributed by atoms with Gasteiger partial charge in [0.2, 0.25) is 9.84 Å². The van der Waals surface area contributed by atoms with Crippen LogP contribution in [-0.4, -0.2) is 20.3 Å². The lowest BCUT2D eigenvalue weighted by molar-refractivity contribution is 0.329. The van der Waals surface area contributed by atoms with Crippen molar-refractivity contribution in [3.05, 3.63) is 48.5 Å². The van der Waals surface area contributed by atoms with Crippen LogP contribution in [0.4, 0.5) is 0 Å². The molecule has 2 aromatic carbocycles. The molecular weight excluding hydrogens is 266 g/mol. The molecule has 2 rings (SSSR count). The van der Waals surface area contributed by atoms with Crippen molar-refractivity contribution in [2.45, 2.75) is 9.79 Å². The highest BCUT2D eigenvalue weighted by atomic mass is 32.2. The molecule has 100 valence electrons. The lowest BCUT2D eigenvalue weighted by atomic mass is 10.3. The van der Waals surface area contributed by atoms with E-state index in [9.17, 15) is 8.42 Å². The van der Waals surface area contributed by atoms with Gasteiger partial charge in [0.1, 0.15) is 18.2 Å². The predicted octanol–water partition coefficient (Wildman–Crippen LogP) is 1.52. The molecule has 0 aliphatic carbocycles. The first kappa shape index (κ1) is 13.4. The van der Waals surface area contributed by atoms with Crippen LogP contribution in [0.5, 0.6) is 11.5 Å². The van der Waals surface area contributed by atoms with Crippen molar-refractivity contribution in [1.29, 1.82) is 0 Å². The van der Waals surface area contributed by atoms with Crippen molar-refractivity contribution >= 4 is 9.84 Å². The summed E-state index contributed by atoms with van der Waals surface area (Å²) >= 11 is 0. The smallest absolute Gasteiger partial charge is 0.206 e. The highest BCUT2D eigenvalue weighted by Gasteiger charge is 2.17. The summed E-state index contributed by atoms with van der Waals surface area (Å²) in [6, 6.07) is 11.4. The van der Waals surface area contributed by atoms with Crippen LogP contribution >= 0.6 is 0 Å². The van der Waals surface area contributed by atoms with E-state index in [1.807, 2.05) is 0 Å². The van der Waals surface area contributed by atoms with E-state index >= 15 is 0 Å². The molecule has 5 nitrogen and oxygen atoms in total. The summed E-state index contributed by atoms with van der Waals surface area (Å²) in [5.74, 6) is 0.526. The maximum atomic E-state index is 12.3. The molecule has 0 aromatic heterocycles. The van der Waals surface area contributed by atoms with E-state index < -0.39 is 9.84 Å². The molecule has 0 fully saturated rings. The molecular formula is C13H13NO4S. The van der Waals surface area contributed by atoms with Crippen LogP contribution in [0.3, 0.4) is 0 Å². The Morgan fingerprint density at radius 2 is 1.42 bits per heavy atom. The molecule has 0 saturated carbocycles. The van der Waals surface area contributed by atoms with Crippen molar-refractivity contribution in [3.8, 4) is 11.5 Å². The fourth-order valence-electron chi connectivity index (χ4n) is 1.57. The Morgan fingerprint density at radius 1 is 0.947 bits per heavy atom. The van der Waals surface area contributed by atoms with Gasteiger partial charge in [-0.2, -0.15) is 0 Å². The van der Waals surface area contributed by atoms with Crippen LogP contribution in [-0.2, 0) is 9.84 Å². The average molecular weight is 279 g/mol. The van der Waals surface area contributed by atoms with Gasteiger partial charge >= 0.3 is 0 Å². The Morgan fingerprint density at radius 3 is 1.89 bits per heavy atom. The largest absolute Gasteiger partial charge is 0.508 e. The minimum absolute atomic E-state index is 0.0191. The third kappa shape index (κ3) is 2.86. The lowest BCUT2D eigenvalue weighted by Gasteiger charge is -2.06. The highest BCUT2D eigenvalue weighted by molar-refractivity contribution is 7.91. The number of phenols is 1. The van der Waals surface area contributed by atoms with Crippen molar-refractivity contribution in [2.24, 2.45) is 5.73 Å². The number of ether oxygens (including phenoxy) is 1. The number of hydrogen-bond acceptors (Lipinski definition) is 5. The minimum Gasteiger partial charge on any atom is -0.508 e. The van der Waals surface area contributed by atoms with E-state index in [1.165, 1.54) is 36.4 Å². The van der Waals surface area contributed by atoms with E-state index in [2.05, 4.69) is 0 Å². The van der Waals surface area contributed by atoms with Gasteiger partial charge in [-0.05, 0) is 48.5 Å². The number of phenolic OH excluding ortho intramolecular Hbond substituents is 1. The fourth-order valence-corrected chi connectivity index (χ4v) is 2.83. The average Bonchev–Trinajstić information content (AvgIpc) is 2.40. The van der Waals surface area contributed by atoms with Crippen LogP contribution in [0.2, 0.25) is 0 Å². The van der Waals surface area contributed by atoms with Gasteiger partial charge in [0, 0.05) is 0 Å². The van der Waals surface area contributed by atoms with Gasteiger partial charge in [0.05, 0.1) is 9.79 Å². The van der Waals surface area contributed by atoms with E-state index in [0.29, 0.717) is 5.75 Å². The summed E-state index contributed by atoms with van der Waals surface area (Å²) in [6.45, 7) is 0.0318. The van der Waals surface area contributed by atoms with Crippen LogP contribution in [0, 0.1) is 0 Å². The topological polar surface area (TPSA) is 89.6 Å². The molecule has 3 N–H and O–H groups in total. The summed E-state index contributed by atoms with van der Waals surface area (Å²) in [7, 11) is -3.59. The maximum absolute atomic E-state index is 12.3. The van der Waals surface area contributed by atoms with Crippen molar-refractivity contribution in [1.82, 2.24) is 0 Å². The SMILES string of the molecule is NCOc1ccc(S(=O)(=O)c2ccc(O)cc2)cc1. The summed E-state index contributed by atoms with van der Waals surface area (Å²) in [5, 5.41) is 9.17. The number of hydrogen-bond donors (Lipinski definition) is 2. The normalized spacial score (nSPS) is 11.2. The second-order valence-electron chi connectivity index (χ2n) is 3.78. The van der Waals surface area contributed by atoms with E-state index in [0.717, 1.165) is 0 Å². The molecule has 0 atom stereocenters. The van der Waals surface area contributed by atoms with Gasteiger partial charge in [0.15, 0.2) is 0 Å². The first-order valence-electron chi connectivity index (χ1n) is 5.51. The summed E-state index contributed by atoms with van der Waals surface area (Å²) < 4.78 is 29.6. The molecule has 0 saturated heterocycles. The van der Waals surface area contributed by atoms with Crippen molar-refractivity contribution in [3.63, 3.8) is 0 Å². The number of sulfone groups is 1. The maximum Gasteiger partial charge on any atom is 0.206 e. The summed E-state index contributed by atoms with van der Waals surface area (Å²) in [4.78, 5) is 0.278. The van der Waals surface area contributed by atoms with Crippen molar-refractivity contribution in [2.75, 3.05) is 6.73 Å². The zero-order valence-electron chi connectivity index (χ0n) is 9.98. The Kier molecular flexibility index (Phi) is 3.73. The van der Waals surface area contributed by atoms with E-state index in [4.69, 9.17) is 15.6 Å². The molecule has 19 heavy (non-hydrogen) atoms. The standard InChI is InChI=1S/C13H13NO4S/c14-9-18-11-3-7-13(8-4-11)19(16,17)12-5-1-10(15)2-6-12/h1-8,15H,9,14H2. The molecule has 0 radical (unpaired) electrons. The minimum atomic E-state index is -3.59. The van der Waals surface area contributed by atoms with Crippen LogP contribution in [0.1, 0.15) is 0 Å². The number of benzene rings is 2. The molecule has 0 bridgehead atoms. The monoisotopic (exact) mass is 279 g/mol. The molecule has 0 unspecified atom stereocenters. The number of rotatable bonds is 4. The van der Waals surface area contributed by atoms with Gasteiger partial charge in [-0.3, -0.25) is 5.73 Å². The molecule has 0 spiro atoms. The Hall–Kier alpha value is -2.05. The zero-order valence-corrected chi connectivity index (χ0v) is 10.8. The highest BCUT2D eigenvalue weighted by Crippen LogP contribution is 2.24. The molecule has 0 aliphatic rings. The van der Waals surface area contributed by atoms with Gasteiger partial charge in [-0.1, -0.05) is 0 Å². The second kappa shape index (κ2) is 5.29. The van der Waals surface area contributed by atoms with Crippen LogP contribution in [0.15, 0.2) is 58.3 Å². The van der Waals surface area contributed by atoms with Gasteiger partial charge < -0.3 is 9.84 Å². The first-order valence-corrected chi connectivity index (χ1v) is 6.99. The first-order chi connectivity index (χ1) is 9.04. The summed E-state index contributed by atoms with van der Waals surface area (Å²) in [5.41, 5.74) is 5.23. The predicted molar refractivity (Wildman–Crippen MR) is 69.7 cm³/mol. The fraction of sp³-hybridized carbons (Fsp3) is 0.0769. The summed E-state index contributed by atoms with van der Waals surface area (Å²) in [6.07, 6.45) is 0. The second-order valence-corrected chi connectivity index (χ2v) is 5.73. The van der Waals surface area contributed by atoms with Crippen molar-refractivity contribution < 1.29 is 18.3 Å².